The summed E-state index contributed by atoms with van der Waals surface area (Å²) >= 11 is 0. The fourth-order valence-corrected chi connectivity index (χ4v) is 2.23. The van der Waals surface area contributed by atoms with Crippen molar-refractivity contribution in [1.82, 2.24) is 5.32 Å². The zero-order valence-corrected chi connectivity index (χ0v) is 12.1. The molecule has 1 unspecified atom stereocenters. The second-order valence-electron chi connectivity index (χ2n) is 5.90. The molecule has 20 heavy (non-hydrogen) atoms. The Morgan fingerprint density at radius 2 is 2.15 bits per heavy atom. The molecule has 0 aromatic heterocycles. The lowest BCUT2D eigenvalue weighted by Gasteiger charge is -2.08. The second kappa shape index (κ2) is 6.11. The monoisotopic (exact) mass is 271 g/mol. The zero-order chi connectivity index (χ0) is 14.6. The normalized spacial score (nSPS) is 18.9. The average molecular weight is 271 g/mol. The minimum absolute atomic E-state index is 0.0721. The maximum atomic E-state index is 12.0. The quantitative estimate of drug-likeness (QED) is 0.824. The maximum absolute atomic E-state index is 12.0. The minimum atomic E-state index is 0.0721. The molecule has 1 atom stereocenters. The van der Waals surface area contributed by atoms with Crippen molar-refractivity contribution in [3.63, 3.8) is 0 Å². The lowest BCUT2D eigenvalue weighted by atomic mass is 10.1. The predicted octanol–water partition coefficient (Wildman–Crippen LogP) is 2.08. The van der Waals surface area contributed by atoms with Crippen molar-refractivity contribution in [2.75, 3.05) is 6.61 Å². The third-order valence-electron chi connectivity index (χ3n) is 3.76. The van der Waals surface area contributed by atoms with E-state index < -0.39 is 0 Å². The first-order valence-corrected chi connectivity index (χ1v) is 7.00. The predicted molar refractivity (Wildman–Crippen MR) is 78.8 cm³/mol. The van der Waals surface area contributed by atoms with E-state index in [1.54, 1.807) is 0 Å². The molecule has 0 heterocycles. The fourth-order valence-electron chi connectivity index (χ4n) is 2.23. The van der Waals surface area contributed by atoms with Gasteiger partial charge in [0.1, 0.15) is 0 Å². The molecular formula is C17H21NO2. The molecule has 1 fully saturated rings. The van der Waals surface area contributed by atoms with Gasteiger partial charge >= 0.3 is 0 Å². The Kier molecular flexibility index (Phi) is 4.46. The van der Waals surface area contributed by atoms with Crippen LogP contribution in [0.3, 0.4) is 0 Å². The summed E-state index contributed by atoms with van der Waals surface area (Å²) < 4.78 is 0. The molecule has 1 aliphatic carbocycles. The molecule has 3 heteroatoms. The van der Waals surface area contributed by atoms with Crippen LogP contribution in [0.5, 0.6) is 0 Å². The molecule has 0 radical (unpaired) electrons. The van der Waals surface area contributed by atoms with Gasteiger partial charge in [-0.3, -0.25) is 4.79 Å². The van der Waals surface area contributed by atoms with Crippen molar-refractivity contribution < 1.29 is 9.90 Å². The van der Waals surface area contributed by atoms with E-state index in [1.807, 2.05) is 24.3 Å². The van der Waals surface area contributed by atoms with Gasteiger partial charge in [0.25, 0.3) is 0 Å². The molecule has 106 valence electrons. The number of benzene rings is 1. The van der Waals surface area contributed by atoms with Crippen molar-refractivity contribution in [2.45, 2.75) is 33.2 Å². The summed E-state index contributed by atoms with van der Waals surface area (Å²) in [5.41, 5.74) is 2.09. The van der Waals surface area contributed by atoms with Crippen molar-refractivity contribution >= 4 is 5.91 Å². The summed E-state index contributed by atoms with van der Waals surface area (Å²) in [6, 6.07) is 7.78. The number of hydrogen-bond donors (Lipinski definition) is 2. The van der Waals surface area contributed by atoms with Crippen LogP contribution in [0, 0.1) is 23.2 Å². The highest BCUT2D eigenvalue weighted by Gasteiger charge is 2.50. The Bertz CT molecular complexity index is 552. The Morgan fingerprint density at radius 1 is 1.45 bits per heavy atom. The lowest BCUT2D eigenvalue weighted by Crippen LogP contribution is -2.26. The van der Waals surface area contributed by atoms with Crippen LogP contribution in [0.15, 0.2) is 24.3 Å². The summed E-state index contributed by atoms with van der Waals surface area (Å²) in [5, 5.41) is 11.7. The number of aliphatic hydroxyl groups is 1. The standard InChI is InChI=1S/C17H21NO2/c1-17(2)11-15(17)16(20)18-12-14-9-4-3-7-13(14)8-5-6-10-19/h3-4,7,9,15,19H,6,10-12H2,1-2H3,(H,18,20). The van der Waals surface area contributed by atoms with Crippen LogP contribution >= 0.6 is 0 Å². The van der Waals surface area contributed by atoms with Gasteiger partial charge in [-0.25, -0.2) is 0 Å². The summed E-state index contributed by atoms with van der Waals surface area (Å²) in [6.45, 7) is 4.81. The summed E-state index contributed by atoms with van der Waals surface area (Å²) in [6.07, 6.45) is 1.44. The number of nitrogens with one attached hydrogen (secondary N) is 1. The summed E-state index contributed by atoms with van der Waals surface area (Å²) in [5.74, 6) is 6.23. The van der Waals surface area contributed by atoms with Crippen LogP contribution in [-0.4, -0.2) is 17.6 Å². The van der Waals surface area contributed by atoms with Crippen LogP contribution in [0.2, 0.25) is 0 Å². The highest BCUT2D eigenvalue weighted by molar-refractivity contribution is 5.82. The van der Waals surface area contributed by atoms with E-state index >= 15 is 0 Å². The minimum Gasteiger partial charge on any atom is -0.395 e. The first-order valence-electron chi connectivity index (χ1n) is 7.00. The highest BCUT2D eigenvalue weighted by Crippen LogP contribution is 2.51. The van der Waals surface area contributed by atoms with Gasteiger partial charge in [-0.05, 0) is 23.5 Å². The van der Waals surface area contributed by atoms with E-state index in [4.69, 9.17) is 5.11 Å². The first kappa shape index (κ1) is 14.6. The molecule has 0 bridgehead atoms. The second-order valence-corrected chi connectivity index (χ2v) is 5.90. The fraction of sp³-hybridized carbons (Fsp3) is 0.471. The molecule has 1 aliphatic rings. The van der Waals surface area contributed by atoms with E-state index in [9.17, 15) is 4.79 Å². The largest absolute Gasteiger partial charge is 0.395 e. The molecule has 2 rings (SSSR count). The summed E-state index contributed by atoms with van der Waals surface area (Å²) in [7, 11) is 0. The molecule has 0 saturated heterocycles. The molecule has 3 nitrogen and oxygen atoms in total. The molecule has 1 aromatic carbocycles. The van der Waals surface area contributed by atoms with Gasteiger partial charge in [-0.15, -0.1) is 0 Å². The van der Waals surface area contributed by atoms with Crippen molar-refractivity contribution in [3.05, 3.63) is 35.4 Å². The zero-order valence-electron chi connectivity index (χ0n) is 12.1. The lowest BCUT2D eigenvalue weighted by molar-refractivity contribution is -0.123. The number of aliphatic hydroxyl groups excluding tert-OH is 1. The molecular weight excluding hydrogens is 250 g/mol. The number of rotatable bonds is 4. The first-order chi connectivity index (χ1) is 9.54. The van der Waals surface area contributed by atoms with Gasteiger partial charge in [0, 0.05) is 24.4 Å². The smallest absolute Gasteiger partial charge is 0.223 e. The molecule has 1 saturated carbocycles. The van der Waals surface area contributed by atoms with E-state index in [-0.39, 0.29) is 23.8 Å². The summed E-state index contributed by atoms with van der Waals surface area (Å²) in [4.78, 5) is 12.0. The van der Waals surface area contributed by atoms with E-state index in [0.29, 0.717) is 13.0 Å². The SMILES string of the molecule is CC1(C)CC1C(=O)NCc1ccccc1C#CCCO. The number of hydrogen-bond acceptors (Lipinski definition) is 2. The van der Waals surface area contributed by atoms with E-state index in [1.165, 1.54) is 0 Å². The molecule has 1 amide bonds. The topological polar surface area (TPSA) is 49.3 Å². The molecule has 2 N–H and O–H groups in total. The van der Waals surface area contributed by atoms with Gasteiger partial charge in [0.05, 0.1) is 6.61 Å². The van der Waals surface area contributed by atoms with Gasteiger partial charge in [0.2, 0.25) is 5.91 Å². The van der Waals surface area contributed by atoms with E-state index in [0.717, 1.165) is 17.5 Å². The highest BCUT2D eigenvalue weighted by atomic mass is 16.2. The molecule has 0 spiro atoms. The number of amides is 1. The van der Waals surface area contributed by atoms with E-state index in [2.05, 4.69) is 31.0 Å². The third-order valence-corrected chi connectivity index (χ3v) is 3.76. The van der Waals surface area contributed by atoms with Crippen molar-refractivity contribution in [1.29, 1.82) is 0 Å². The van der Waals surface area contributed by atoms with Crippen LogP contribution in [0.25, 0.3) is 0 Å². The van der Waals surface area contributed by atoms with Crippen LogP contribution in [0.1, 0.15) is 37.8 Å². The van der Waals surface area contributed by atoms with Crippen LogP contribution in [-0.2, 0) is 11.3 Å². The van der Waals surface area contributed by atoms with Gasteiger partial charge in [0.15, 0.2) is 0 Å². The Morgan fingerprint density at radius 3 is 2.80 bits per heavy atom. The molecule has 0 aliphatic heterocycles. The Labute approximate surface area is 120 Å². The average Bonchev–Trinajstić information content (AvgIpc) is 3.07. The van der Waals surface area contributed by atoms with Crippen molar-refractivity contribution in [2.24, 2.45) is 11.3 Å². The Hall–Kier alpha value is -1.79. The maximum Gasteiger partial charge on any atom is 0.223 e. The van der Waals surface area contributed by atoms with Crippen LogP contribution < -0.4 is 5.32 Å². The number of carbonyl (C=O) groups is 1. The van der Waals surface area contributed by atoms with Crippen molar-refractivity contribution in [3.8, 4) is 11.8 Å². The Balaban J connectivity index is 1.96. The van der Waals surface area contributed by atoms with Gasteiger partial charge < -0.3 is 10.4 Å². The van der Waals surface area contributed by atoms with Gasteiger partial charge in [-0.1, -0.05) is 43.9 Å². The van der Waals surface area contributed by atoms with Gasteiger partial charge in [-0.2, -0.15) is 0 Å². The van der Waals surface area contributed by atoms with Crippen LogP contribution in [0.4, 0.5) is 0 Å². The molecule has 1 aromatic rings. The third kappa shape index (κ3) is 3.61. The number of carbonyl (C=O) groups excluding carboxylic acids is 1.